The van der Waals surface area contributed by atoms with Gasteiger partial charge in [0.05, 0.1) is 22.2 Å². The lowest BCUT2D eigenvalue weighted by atomic mass is 10.0. The standard InChI is InChI=1S/C20H16Cl2N4O2/c1-19(11-20(19,21)22)18(28)26-25-17(27)14-9-16(12-5-4-8-23-10-12)24-15-7-3-2-6-13(14)15/h2-10H,11H2,1H3,(H,25,27)(H,26,28). The number of halogens is 2. The summed E-state index contributed by atoms with van der Waals surface area (Å²) < 4.78 is -1.11. The van der Waals surface area contributed by atoms with Crippen LogP contribution in [-0.4, -0.2) is 26.1 Å². The summed E-state index contributed by atoms with van der Waals surface area (Å²) >= 11 is 12.0. The summed E-state index contributed by atoms with van der Waals surface area (Å²) in [6, 6.07) is 12.6. The first-order valence-electron chi connectivity index (χ1n) is 8.61. The molecule has 1 atom stereocenters. The number of nitrogens with one attached hydrogen (secondary N) is 2. The van der Waals surface area contributed by atoms with Crippen LogP contribution in [0, 0.1) is 5.41 Å². The summed E-state index contributed by atoms with van der Waals surface area (Å²) in [7, 11) is 0. The molecule has 8 heteroatoms. The number of benzene rings is 1. The van der Waals surface area contributed by atoms with Gasteiger partial charge in [0.2, 0.25) is 5.91 Å². The van der Waals surface area contributed by atoms with Gasteiger partial charge in [-0.05, 0) is 37.6 Å². The van der Waals surface area contributed by atoms with Crippen LogP contribution in [0.15, 0.2) is 54.9 Å². The molecule has 0 saturated heterocycles. The first-order valence-corrected chi connectivity index (χ1v) is 9.36. The molecule has 1 aliphatic carbocycles. The van der Waals surface area contributed by atoms with Gasteiger partial charge in [0, 0.05) is 23.3 Å². The monoisotopic (exact) mass is 414 g/mol. The molecule has 1 aliphatic rings. The van der Waals surface area contributed by atoms with Crippen LogP contribution in [0.4, 0.5) is 0 Å². The smallest absolute Gasteiger partial charge is 0.270 e. The fourth-order valence-electron chi connectivity index (χ4n) is 2.99. The van der Waals surface area contributed by atoms with Crippen molar-refractivity contribution in [3.05, 3.63) is 60.4 Å². The van der Waals surface area contributed by atoms with Crippen molar-refractivity contribution < 1.29 is 9.59 Å². The van der Waals surface area contributed by atoms with Crippen LogP contribution in [0.25, 0.3) is 22.2 Å². The van der Waals surface area contributed by atoms with Gasteiger partial charge in [0.15, 0.2) is 0 Å². The van der Waals surface area contributed by atoms with E-state index in [1.54, 1.807) is 37.5 Å². The molecule has 0 spiro atoms. The van der Waals surface area contributed by atoms with Crippen LogP contribution in [0.5, 0.6) is 0 Å². The molecule has 4 rings (SSSR count). The number of hydrogen-bond acceptors (Lipinski definition) is 4. The van der Waals surface area contributed by atoms with Crippen LogP contribution in [0.1, 0.15) is 23.7 Å². The quantitative estimate of drug-likeness (QED) is 0.506. The van der Waals surface area contributed by atoms with Gasteiger partial charge in [-0.1, -0.05) is 18.2 Å². The Hall–Kier alpha value is -2.70. The van der Waals surface area contributed by atoms with Gasteiger partial charge in [0.1, 0.15) is 4.33 Å². The molecule has 0 bridgehead atoms. The third-order valence-electron chi connectivity index (χ3n) is 4.97. The summed E-state index contributed by atoms with van der Waals surface area (Å²) in [5.74, 6) is -0.896. The van der Waals surface area contributed by atoms with Gasteiger partial charge in [0.25, 0.3) is 5.91 Å². The van der Waals surface area contributed by atoms with E-state index in [-0.39, 0.29) is 0 Å². The van der Waals surface area contributed by atoms with Crippen molar-refractivity contribution in [3.8, 4) is 11.3 Å². The van der Waals surface area contributed by atoms with E-state index >= 15 is 0 Å². The van der Waals surface area contributed by atoms with Crippen LogP contribution in [0.3, 0.4) is 0 Å². The van der Waals surface area contributed by atoms with E-state index < -0.39 is 21.6 Å². The molecule has 1 saturated carbocycles. The third kappa shape index (κ3) is 3.19. The molecule has 2 amide bonds. The van der Waals surface area contributed by atoms with Gasteiger partial charge in [-0.3, -0.25) is 25.4 Å². The van der Waals surface area contributed by atoms with E-state index in [1.807, 2.05) is 24.3 Å². The Balaban J connectivity index is 1.64. The molecule has 2 heterocycles. The molecule has 28 heavy (non-hydrogen) atoms. The highest BCUT2D eigenvalue weighted by atomic mass is 35.5. The second kappa shape index (κ2) is 6.72. The molecule has 0 aliphatic heterocycles. The number of carbonyl (C=O) groups is 2. The molecule has 2 aromatic heterocycles. The number of pyridine rings is 2. The van der Waals surface area contributed by atoms with E-state index in [0.717, 1.165) is 5.56 Å². The summed E-state index contributed by atoms with van der Waals surface area (Å²) in [6.45, 7) is 1.65. The summed E-state index contributed by atoms with van der Waals surface area (Å²) in [5, 5.41) is 0.670. The van der Waals surface area contributed by atoms with Crippen molar-refractivity contribution >= 4 is 45.9 Å². The lowest BCUT2D eigenvalue weighted by Gasteiger charge is -2.14. The number of hydrogen-bond donors (Lipinski definition) is 2. The average Bonchev–Trinajstić information content (AvgIpc) is 3.24. The molecule has 0 radical (unpaired) electrons. The molecule has 1 unspecified atom stereocenters. The molecule has 2 N–H and O–H groups in total. The van der Waals surface area contributed by atoms with Crippen molar-refractivity contribution in [1.29, 1.82) is 0 Å². The SMILES string of the molecule is CC1(C(=O)NNC(=O)c2cc(-c3cccnc3)nc3ccccc23)CC1(Cl)Cl. The van der Waals surface area contributed by atoms with Gasteiger partial charge < -0.3 is 0 Å². The number of aromatic nitrogens is 2. The van der Waals surface area contributed by atoms with Crippen LogP contribution >= 0.6 is 23.2 Å². The van der Waals surface area contributed by atoms with E-state index in [2.05, 4.69) is 20.8 Å². The van der Waals surface area contributed by atoms with Gasteiger partial charge in [-0.2, -0.15) is 0 Å². The number of fused-ring (bicyclic) bond motifs is 1. The van der Waals surface area contributed by atoms with Gasteiger partial charge >= 0.3 is 0 Å². The van der Waals surface area contributed by atoms with Crippen molar-refractivity contribution in [2.45, 2.75) is 17.7 Å². The lowest BCUT2D eigenvalue weighted by molar-refractivity contribution is -0.126. The van der Waals surface area contributed by atoms with E-state index in [0.29, 0.717) is 28.6 Å². The Bertz CT molecular complexity index is 1090. The second-order valence-corrected chi connectivity index (χ2v) is 8.42. The number of carbonyl (C=O) groups excluding carboxylic acids is 2. The van der Waals surface area contributed by atoms with Crippen molar-refractivity contribution in [2.75, 3.05) is 0 Å². The summed E-state index contributed by atoms with van der Waals surface area (Å²) in [6.07, 6.45) is 3.67. The number of amides is 2. The molecule has 3 aromatic rings. The topological polar surface area (TPSA) is 84.0 Å². The number of nitrogens with zero attached hydrogens (tertiary/aromatic N) is 2. The predicted molar refractivity (Wildman–Crippen MR) is 108 cm³/mol. The minimum Gasteiger partial charge on any atom is -0.273 e. The second-order valence-electron chi connectivity index (χ2n) is 6.94. The molecular formula is C20H16Cl2N4O2. The Labute approximate surface area is 171 Å². The van der Waals surface area contributed by atoms with Crippen LogP contribution in [0.2, 0.25) is 0 Å². The fraction of sp³-hybridized carbons (Fsp3) is 0.200. The zero-order valence-electron chi connectivity index (χ0n) is 14.9. The first-order chi connectivity index (χ1) is 13.3. The highest BCUT2D eigenvalue weighted by Crippen LogP contribution is 2.63. The number of alkyl halides is 2. The zero-order valence-corrected chi connectivity index (χ0v) is 16.4. The minimum atomic E-state index is -1.11. The predicted octanol–water partition coefficient (Wildman–Crippen LogP) is 3.64. The maximum absolute atomic E-state index is 12.8. The fourth-order valence-corrected chi connectivity index (χ4v) is 3.70. The van der Waals surface area contributed by atoms with Gasteiger partial charge in [-0.15, -0.1) is 23.2 Å². The maximum atomic E-state index is 12.8. The Kier molecular flexibility index (Phi) is 4.48. The number of para-hydroxylation sites is 1. The molecular weight excluding hydrogens is 399 g/mol. The molecule has 142 valence electrons. The molecule has 1 aromatic carbocycles. The van der Waals surface area contributed by atoms with Crippen molar-refractivity contribution in [2.24, 2.45) is 5.41 Å². The van der Waals surface area contributed by atoms with E-state index in [1.165, 1.54) is 0 Å². The van der Waals surface area contributed by atoms with Crippen molar-refractivity contribution in [3.63, 3.8) is 0 Å². The van der Waals surface area contributed by atoms with Crippen molar-refractivity contribution in [1.82, 2.24) is 20.8 Å². The lowest BCUT2D eigenvalue weighted by Crippen LogP contribution is -2.45. The summed E-state index contributed by atoms with van der Waals surface area (Å²) in [5.41, 5.74) is 6.39. The maximum Gasteiger partial charge on any atom is 0.270 e. The van der Waals surface area contributed by atoms with Gasteiger partial charge in [-0.25, -0.2) is 4.98 Å². The summed E-state index contributed by atoms with van der Waals surface area (Å²) in [4.78, 5) is 33.8. The highest BCUT2D eigenvalue weighted by molar-refractivity contribution is 6.53. The first kappa shape index (κ1) is 18.7. The normalized spacial score (nSPS) is 19.8. The number of hydrazine groups is 1. The minimum absolute atomic E-state index is 0.328. The molecule has 6 nitrogen and oxygen atoms in total. The average molecular weight is 415 g/mol. The van der Waals surface area contributed by atoms with E-state index in [4.69, 9.17) is 23.2 Å². The zero-order chi connectivity index (χ0) is 19.9. The Morgan fingerprint density at radius 3 is 2.54 bits per heavy atom. The number of rotatable bonds is 3. The van der Waals surface area contributed by atoms with Crippen LogP contribution < -0.4 is 10.9 Å². The van der Waals surface area contributed by atoms with E-state index in [9.17, 15) is 9.59 Å². The molecule has 1 fully saturated rings. The third-order valence-corrected chi connectivity index (χ3v) is 6.07. The Morgan fingerprint density at radius 1 is 1.11 bits per heavy atom. The largest absolute Gasteiger partial charge is 0.273 e. The Morgan fingerprint density at radius 2 is 1.86 bits per heavy atom. The highest BCUT2D eigenvalue weighted by Gasteiger charge is 2.68. The van der Waals surface area contributed by atoms with Crippen LogP contribution in [-0.2, 0) is 4.79 Å².